The summed E-state index contributed by atoms with van der Waals surface area (Å²) in [6, 6.07) is 12.8. The van der Waals surface area contributed by atoms with Crippen LogP contribution in [0.4, 0.5) is 21.8 Å². The van der Waals surface area contributed by atoms with Gasteiger partial charge in [0.2, 0.25) is 5.95 Å². The first-order valence-corrected chi connectivity index (χ1v) is 9.40. The third-order valence-electron chi connectivity index (χ3n) is 4.84. The smallest absolute Gasteiger partial charge is 0.229 e. The van der Waals surface area contributed by atoms with Gasteiger partial charge < -0.3 is 15.5 Å². The van der Waals surface area contributed by atoms with Gasteiger partial charge in [0.25, 0.3) is 0 Å². The summed E-state index contributed by atoms with van der Waals surface area (Å²) in [7, 11) is 2.14. The second-order valence-corrected chi connectivity index (χ2v) is 7.30. The number of hydrogen-bond acceptors (Lipinski definition) is 5. The van der Waals surface area contributed by atoms with Crippen LogP contribution >= 0.6 is 36.4 Å². The zero-order valence-corrected chi connectivity index (χ0v) is 18.3. The van der Waals surface area contributed by atoms with Crippen LogP contribution in [0.3, 0.4) is 0 Å². The van der Waals surface area contributed by atoms with Crippen molar-refractivity contribution in [3.8, 4) is 0 Å². The molecule has 0 saturated carbocycles. The van der Waals surface area contributed by atoms with Gasteiger partial charge in [0.15, 0.2) is 0 Å². The fourth-order valence-corrected chi connectivity index (χ4v) is 3.41. The van der Waals surface area contributed by atoms with Gasteiger partial charge in [-0.15, -0.1) is 24.8 Å². The lowest BCUT2D eigenvalue weighted by atomic mass is 10.1. The summed E-state index contributed by atoms with van der Waals surface area (Å²) in [5.41, 5.74) is 1.39. The number of para-hydroxylation sites is 1. The maximum atomic E-state index is 13.7. The summed E-state index contributed by atoms with van der Waals surface area (Å²) >= 11 is 5.76. The number of halogens is 4. The van der Waals surface area contributed by atoms with Crippen LogP contribution in [0.1, 0.15) is 12.8 Å². The molecule has 2 N–H and O–H groups in total. The molecular weight excluding hydrogens is 436 g/mol. The third kappa shape index (κ3) is 5.60. The second kappa shape index (κ2) is 10.3. The van der Waals surface area contributed by atoms with Gasteiger partial charge in [-0.3, -0.25) is 0 Å². The molecule has 0 radical (unpaired) electrons. The number of aromatic nitrogens is 2. The summed E-state index contributed by atoms with van der Waals surface area (Å²) < 4.78 is 13.7. The first-order valence-electron chi connectivity index (χ1n) is 9.02. The Labute approximate surface area is 186 Å². The van der Waals surface area contributed by atoms with Crippen LogP contribution in [0.15, 0.2) is 42.5 Å². The van der Waals surface area contributed by atoms with Crippen molar-refractivity contribution in [1.82, 2.24) is 14.9 Å². The highest BCUT2D eigenvalue weighted by Crippen LogP contribution is 2.26. The topological polar surface area (TPSA) is 53.1 Å². The standard InChI is InChI=1S/C20H21ClFN5.2ClH/c1-27-10-8-13(9-11-27)23-19-15-4-2-3-5-18(15)25-20(26-19)24-14-6-7-16(21)17(22)12-14;;/h2-7,12-13H,8-11H2,1H3,(H2,23,24,25,26);2*1H. The lowest BCUT2D eigenvalue weighted by Gasteiger charge is -2.30. The normalized spacial score (nSPS) is 14.7. The number of hydrogen-bond donors (Lipinski definition) is 2. The quantitative estimate of drug-likeness (QED) is 0.539. The molecule has 1 aliphatic heterocycles. The molecule has 0 bridgehead atoms. The van der Waals surface area contributed by atoms with Crippen LogP contribution in [-0.4, -0.2) is 41.0 Å². The number of benzene rings is 2. The van der Waals surface area contributed by atoms with E-state index in [0.29, 0.717) is 17.7 Å². The molecule has 1 fully saturated rings. The second-order valence-electron chi connectivity index (χ2n) is 6.89. The lowest BCUT2D eigenvalue weighted by molar-refractivity contribution is 0.264. The van der Waals surface area contributed by atoms with Crippen molar-refractivity contribution in [2.24, 2.45) is 0 Å². The van der Waals surface area contributed by atoms with Crippen LogP contribution in [0.25, 0.3) is 10.9 Å². The van der Waals surface area contributed by atoms with Crippen molar-refractivity contribution >= 4 is 64.8 Å². The molecule has 1 saturated heterocycles. The van der Waals surface area contributed by atoms with E-state index in [1.165, 1.54) is 12.1 Å². The van der Waals surface area contributed by atoms with Crippen LogP contribution in [0, 0.1) is 5.82 Å². The van der Waals surface area contributed by atoms with Gasteiger partial charge in [0.05, 0.1) is 10.5 Å². The van der Waals surface area contributed by atoms with Crippen molar-refractivity contribution in [2.45, 2.75) is 18.9 Å². The Morgan fingerprint density at radius 2 is 1.79 bits per heavy atom. The van der Waals surface area contributed by atoms with Crippen LogP contribution < -0.4 is 10.6 Å². The molecule has 3 aromatic rings. The number of anilines is 3. The predicted octanol–water partition coefficient (Wildman–Crippen LogP) is 5.52. The first kappa shape index (κ1) is 23.4. The third-order valence-corrected chi connectivity index (χ3v) is 5.14. The summed E-state index contributed by atoms with van der Waals surface area (Å²) in [4.78, 5) is 11.6. The Kier molecular flexibility index (Phi) is 8.28. The van der Waals surface area contributed by atoms with Gasteiger partial charge in [-0.25, -0.2) is 9.37 Å². The average molecular weight is 459 g/mol. The van der Waals surface area contributed by atoms with E-state index in [-0.39, 0.29) is 29.8 Å². The van der Waals surface area contributed by atoms with E-state index in [1.54, 1.807) is 6.07 Å². The molecule has 0 unspecified atom stereocenters. The van der Waals surface area contributed by atoms with E-state index >= 15 is 0 Å². The SMILES string of the molecule is CN1CCC(Nc2nc(Nc3ccc(Cl)c(F)c3)nc3ccccc23)CC1.Cl.Cl. The molecule has 156 valence electrons. The van der Waals surface area contributed by atoms with E-state index in [4.69, 9.17) is 11.6 Å². The monoisotopic (exact) mass is 457 g/mol. The molecule has 1 aliphatic rings. The molecule has 0 atom stereocenters. The molecule has 1 aromatic heterocycles. The van der Waals surface area contributed by atoms with Crippen molar-refractivity contribution in [3.05, 3.63) is 53.3 Å². The van der Waals surface area contributed by atoms with Gasteiger partial charge in [-0.1, -0.05) is 23.7 Å². The highest BCUT2D eigenvalue weighted by molar-refractivity contribution is 6.30. The van der Waals surface area contributed by atoms with Crippen LogP contribution in [-0.2, 0) is 0 Å². The predicted molar refractivity (Wildman–Crippen MR) is 123 cm³/mol. The van der Waals surface area contributed by atoms with Gasteiger partial charge >= 0.3 is 0 Å². The molecule has 0 spiro atoms. The maximum Gasteiger partial charge on any atom is 0.229 e. The molecule has 9 heteroatoms. The fourth-order valence-electron chi connectivity index (χ4n) is 3.29. The number of fused-ring (bicyclic) bond motifs is 1. The van der Waals surface area contributed by atoms with Crippen molar-refractivity contribution in [3.63, 3.8) is 0 Å². The van der Waals surface area contributed by atoms with Crippen molar-refractivity contribution in [1.29, 1.82) is 0 Å². The summed E-state index contributed by atoms with van der Waals surface area (Å²) in [6.07, 6.45) is 2.14. The Bertz CT molecular complexity index is 964. The largest absolute Gasteiger partial charge is 0.367 e. The van der Waals surface area contributed by atoms with Gasteiger partial charge in [-0.05, 0) is 63.3 Å². The summed E-state index contributed by atoms with van der Waals surface area (Å²) in [5, 5.41) is 7.72. The molecule has 29 heavy (non-hydrogen) atoms. The van der Waals surface area contributed by atoms with Crippen molar-refractivity contribution in [2.75, 3.05) is 30.8 Å². The molecular formula is C20H23Cl3FN5. The van der Waals surface area contributed by atoms with Crippen LogP contribution in [0.2, 0.25) is 5.02 Å². The maximum absolute atomic E-state index is 13.7. The number of nitrogens with zero attached hydrogens (tertiary/aromatic N) is 3. The summed E-state index contributed by atoms with van der Waals surface area (Å²) in [5.74, 6) is 0.741. The highest BCUT2D eigenvalue weighted by Gasteiger charge is 2.18. The van der Waals surface area contributed by atoms with E-state index in [2.05, 4.69) is 32.5 Å². The van der Waals surface area contributed by atoms with E-state index in [9.17, 15) is 4.39 Å². The van der Waals surface area contributed by atoms with Gasteiger partial charge in [0, 0.05) is 17.1 Å². The minimum Gasteiger partial charge on any atom is -0.367 e. The summed E-state index contributed by atoms with van der Waals surface area (Å²) in [6.45, 7) is 2.13. The number of rotatable bonds is 4. The lowest BCUT2D eigenvalue weighted by Crippen LogP contribution is -2.37. The Morgan fingerprint density at radius 3 is 2.52 bits per heavy atom. The first-order chi connectivity index (χ1) is 13.1. The minimum atomic E-state index is -0.480. The Balaban J connectivity index is 0.00000150. The molecule has 2 heterocycles. The molecule has 0 amide bonds. The Morgan fingerprint density at radius 1 is 1.07 bits per heavy atom. The minimum absolute atomic E-state index is 0. The number of likely N-dealkylation sites (tertiary alicyclic amines) is 1. The van der Waals surface area contributed by atoms with Gasteiger partial charge in [0.1, 0.15) is 11.6 Å². The van der Waals surface area contributed by atoms with E-state index in [0.717, 1.165) is 42.7 Å². The highest BCUT2D eigenvalue weighted by atomic mass is 35.5. The molecule has 5 nitrogen and oxygen atoms in total. The zero-order valence-electron chi connectivity index (χ0n) is 15.9. The molecule has 0 aliphatic carbocycles. The van der Waals surface area contributed by atoms with E-state index < -0.39 is 5.82 Å². The Hall–Kier alpha value is -1.86. The number of piperidine rings is 1. The molecule has 4 rings (SSSR count). The molecule has 2 aromatic carbocycles. The average Bonchev–Trinajstić information content (AvgIpc) is 2.67. The fraction of sp³-hybridized carbons (Fsp3) is 0.300. The number of nitrogens with one attached hydrogen (secondary N) is 2. The van der Waals surface area contributed by atoms with Gasteiger partial charge in [-0.2, -0.15) is 4.98 Å². The zero-order chi connectivity index (χ0) is 18.8. The van der Waals surface area contributed by atoms with Crippen LogP contribution in [0.5, 0.6) is 0 Å². The van der Waals surface area contributed by atoms with Crippen molar-refractivity contribution < 1.29 is 4.39 Å². The van der Waals surface area contributed by atoms with E-state index in [1.807, 2.05) is 24.3 Å².